The highest BCUT2D eigenvalue weighted by Crippen LogP contribution is 2.32. The third-order valence-electron chi connectivity index (χ3n) is 4.25. The van der Waals surface area contributed by atoms with Crippen LogP contribution in [0.4, 0.5) is 4.79 Å². The van der Waals surface area contributed by atoms with Gasteiger partial charge >= 0.3 is 6.03 Å². The highest BCUT2D eigenvalue weighted by atomic mass is 16.5. The number of allylic oxidation sites excluding steroid dienone is 1. The third-order valence-corrected chi connectivity index (χ3v) is 4.25. The number of carbonyl (C=O) groups excluding carboxylic acids is 1. The van der Waals surface area contributed by atoms with Crippen LogP contribution in [0.1, 0.15) is 43.4 Å². The average Bonchev–Trinajstić information content (AvgIpc) is 3.14. The molecule has 3 rings (SSSR count). The number of urea groups is 1. The smallest absolute Gasteiger partial charge is 0.318 e. The largest absolute Gasteiger partial charge is 0.380 e. The van der Waals surface area contributed by atoms with Gasteiger partial charge in [-0.1, -0.05) is 17.3 Å². The number of nitrogens with zero attached hydrogens (tertiary/aromatic N) is 3. The summed E-state index contributed by atoms with van der Waals surface area (Å²) < 4.78 is 10.7. The fourth-order valence-electron chi connectivity index (χ4n) is 3.05. The number of nitrogens with one attached hydrogen (secondary N) is 1. The van der Waals surface area contributed by atoms with Gasteiger partial charge in [-0.05, 0) is 26.2 Å². The van der Waals surface area contributed by atoms with Crippen molar-refractivity contribution >= 4 is 6.03 Å². The number of carbonyl (C=O) groups is 1. The summed E-state index contributed by atoms with van der Waals surface area (Å²) >= 11 is 0. The Morgan fingerprint density at radius 3 is 3.05 bits per heavy atom. The van der Waals surface area contributed by atoms with Crippen LogP contribution < -0.4 is 5.32 Å². The Balaban J connectivity index is 1.72. The quantitative estimate of drug-likeness (QED) is 0.863. The number of aromatic nitrogens is 2. The van der Waals surface area contributed by atoms with Gasteiger partial charge in [-0.25, -0.2) is 4.79 Å². The monoisotopic (exact) mass is 306 g/mol. The van der Waals surface area contributed by atoms with Gasteiger partial charge < -0.3 is 19.5 Å². The highest BCUT2D eigenvalue weighted by molar-refractivity contribution is 5.75. The summed E-state index contributed by atoms with van der Waals surface area (Å²) in [4.78, 5) is 18.6. The zero-order chi connectivity index (χ0) is 15.5. The van der Waals surface area contributed by atoms with E-state index in [9.17, 15) is 4.79 Å². The molecule has 0 bridgehead atoms. The topological polar surface area (TPSA) is 80.5 Å². The first-order valence-corrected chi connectivity index (χ1v) is 7.74. The van der Waals surface area contributed by atoms with Gasteiger partial charge in [0.2, 0.25) is 5.89 Å². The number of likely N-dealkylation sites (tertiary alicyclic amines) is 1. The molecule has 7 nitrogen and oxygen atoms in total. The Hall–Kier alpha value is -1.89. The molecule has 0 spiro atoms. The van der Waals surface area contributed by atoms with Crippen molar-refractivity contribution in [2.24, 2.45) is 0 Å². The summed E-state index contributed by atoms with van der Waals surface area (Å²) in [5.41, 5.74) is 0. The van der Waals surface area contributed by atoms with E-state index in [1.807, 2.05) is 0 Å². The molecule has 1 N–H and O–H groups in total. The van der Waals surface area contributed by atoms with Crippen molar-refractivity contribution < 1.29 is 14.1 Å². The van der Waals surface area contributed by atoms with Gasteiger partial charge in [0.25, 0.3) is 0 Å². The second-order valence-corrected chi connectivity index (χ2v) is 5.86. The van der Waals surface area contributed by atoms with Crippen LogP contribution in [0.25, 0.3) is 0 Å². The molecule has 120 valence electrons. The molecule has 1 saturated heterocycles. The molecule has 1 aromatic rings. The van der Waals surface area contributed by atoms with E-state index in [-0.39, 0.29) is 24.2 Å². The maximum Gasteiger partial charge on any atom is 0.318 e. The van der Waals surface area contributed by atoms with Crippen molar-refractivity contribution in [3.8, 4) is 0 Å². The van der Waals surface area contributed by atoms with Crippen molar-refractivity contribution in [3.63, 3.8) is 0 Å². The number of ether oxygens (including phenoxy) is 1. The number of aryl methyl sites for hydroxylation is 1. The van der Waals surface area contributed by atoms with Gasteiger partial charge in [0.05, 0.1) is 6.10 Å². The number of amides is 2. The number of hydrogen-bond donors (Lipinski definition) is 1. The minimum atomic E-state index is -0.223. The van der Waals surface area contributed by atoms with Crippen molar-refractivity contribution in [3.05, 3.63) is 23.9 Å². The van der Waals surface area contributed by atoms with Gasteiger partial charge in [0.1, 0.15) is 6.04 Å². The molecule has 2 aliphatic rings. The van der Waals surface area contributed by atoms with E-state index < -0.39 is 0 Å². The van der Waals surface area contributed by atoms with E-state index in [0.29, 0.717) is 24.7 Å². The fourth-order valence-corrected chi connectivity index (χ4v) is 3.05. The molecule has 1 aliphatic heterocycles. The van der Waals surface area contributed by atoms with Crippen molar-refractivity contribution in [2.45, 2.75) is 50.8 Å². The Morgan fingerprint density at radius 2 is 2.41 bits per heavy atom. The molecule has 2 amide bonds. The van der Waals surface area contributed by atoms with E-state index in [1.54, 1.807) is 18.9 Å². The van der Waals surface area contributed by atoms with E-state index in [1.165, 1.54) is 0 Å². The molecule has 1 unspecified atom stereocenters. The molecular formula is C15H22N4O3. The lowest BCUT2D eigenvalue weighted by Crippen LogP contribution is -2.44. The van der Waals surface area contributed by atoms with Gasteiger partial charge in [-0.15, -0.1) is 0 Å². The normalized spacial score (nSPS) is 28.1. The third kappa shape index (κ3) is 3.14. The minimum Gasteiger partial charge on any atom is -0.380 e. The minimum absolute atomic E-state index is 0.00939. The fraction of sp³-hybridized carbons (Fsp3) is 0.667. The van der Waals surface area contributed by atoms with Crippen LogP contribution in [-0.2, 0) is 4.74 Å². The molecule has 3 atom stereocenters. The molecule has 22 heavy (non-hydrogen) atoms. The Kier molecular flexibility index (Phi) is 4.42. The van der Waals surface area contributed by atoms with Gasteiger partial charge in [-0.3, -0.25) is 0 Å². The zero-order valence-electron chi connectivity index (χ0n) is 13.0. The van der Waals surface area contributed by atoms with Gasteiger partial charge in [0.15, 0.2) is 5.82 Å². The Morgan fingerprint density at radius 1 is 1.55 bits per heavy atom. The summed E-state index contributed by atoms with van der Waals surface area (Å²) in [6.45, 7) is 2.30. The molecule has 0 saturated carbocycles. The molecular weight excluding hydrogens is 284 g/mol. The summed E-state index contributed by atoms with van der Waals surface area (Å²) in [5, 5.41) is 6.89. The standard InChI is InChI=1S/C15H22N4O3/c1-10-16-14(22-18-10)13-8-12(21-2)9-19(13)15(20)17-11-6-4-3-5-7-11/h4,6,11-13H,3,5,7-9H2,1-2H3,(H,17,20)/t11?,12-,13+/m0/s1. The van der Waals surface area contributed by atoms with Crippen LogP contribution in [0.5, 0.6) is 0 Å². The SMILES string of the molecule is CO[C@H]1C[C@H](c2nc(C)no2)N(C(=O)NC2C=CCCC2)C1. The van der Waals surface area contributed by atoms with E-state index in [0.717, 1.165) is 19.3 Å². The van der Waals surface area contributed by atoms with E-state index >= 15 is 0 Å². The zero-order valence-corrected chi connectivity index (χ0v) is 13.0. The second-order valence-electron chi connectivity index (χ2n) is 5.86. The van der Waals surface area contributed by atoms with Crippen LogP contribution in [0.15, 0.2) is 16.7 Å². The maximum absolute atomic E-state index is 12.6. The van der Waals surface area contributed by atoms with E-state index in [2.05, 4.69) is 27.6 Å². The molecule has 7 heteroatoms. The number of hydrogen-bond acceptors (Lipinski definition) is 5. The van der Waals surface area contributed by atoms with Crippen LogP contribution in [-0.4, -0.2) is 46.9 Å². The van der Waals surface area contributed by atoms with Crippen molar-refractivity contribution in [1.29, 1.82) is 0 Å². The molecule has 2 heterocycles. The molecule has 1 aliphatic carbocycles. The van der Waals surface area contributed by atoms with E-state index in [4.69, 9.17) is 9.26 Å². The van der Waals surface area contributed by atoms with Crippen LogP contribution in [0.2, 0.25) is 0 Å². The molecule has 0 radical (unpaired) electrons. The molecule has 1 fully saturated rings. The van der Waals surface area contributed by atoms with Gasteiger partial charge in [-0.2, -0.15) is 4.98 Å². The Bertz CT molecular complexity index is 557. The predicted molar refractivity (Wildman–Crippen MR) is 79.2 cm³/mol. The lowest BCUT2D eigenvalue weighted by atomic mass is 10.0. The maximum atomic E-state index is 12.6. The number of methoxy groups -OCH3 is 1. The molecule has 1 aromatic heterocycles. The first kappa shape index (κ1) is 15.0. The average molecular weight is 306 g/mol. The lowest BCUT2D eigenvalue weighted by Gasteiger charge is -2.26. The van der Waals surface area contributed by atoms with Crippen LogP contribution in [0, 0.1) is 6.92 Å². The van der Waals surface area contributed by atoms with Crippen molar-refractivity contribution in [1.82, 2.24) is 20.4 Å². The highest BCUT2D eigenvalue weighted by Gasteiger charge is 2.40. The van der Waals surface area contributed by atoms with Crippen molar-refractivity contribution in [2.75, 3.05) is 13.7 Å². The first-order valence-electron chi connectivity index (χ1n) is 7.74. The number of rotatable bonds is 3. The second kappa shape index (κ2) is 6.48. The summed E-state index contributed by atoms with van der Waals surface area (Å²) in [5.74, 6) is 1.05. The first-order chi connectivity index (χ1) is 10.7. The molecule has 0 aromatic carbocycles. The lowest BCUT2D eigenvalue weighted by molar-refractivity contribution is 0.110. The predicted octanol–water partition coefficient (Wildman–Crippen LogP) is 1.96. The Labute approximate surface area is 129 Å². The summed E-state index contributed by atoms with van der Waals surface area (Å²) in [7, 11) is 1.66. The van der Waals surface area contributed by atoms with Gasteiger partial charge in [0, 0.05) is 26.1 Å². The van der Waals surface area contributed by atoms with Crippen LogP contribution >= 0.6 is 0 Å². The summed E-state index contributed by atoms with van der Waals surface area (Å²) in [6.07, 6.45) is 8.03. The summed E-state index contributed by atoms with van der Waals surface area (Å²) in [6, 6.07) is -0.219. The van der Waals surface area contributed by atoms with Crippen LogP contribution in [0.3, 0.4) is 0 Å².